The van der Waals surface area contributed by atoms with Crippen LogP contribution in [0.1, 0.15) is 52.4 Å². The molecule has 1 heterocycles. The lowest BCUT2D eigenvalue weighted by Gasteiger charge is -2.02. The van der Waals surface area contributed by atoms with E-state index < -0.39 is 0 Å². The Hall–Kier alpha value is -0.790. The summed E-state index contributed by atoms with van der Waals surface area (Å²) in [5, 5.41) is 0. The summed E-state index contributed by atoms with van der Waals surface area (Å²) in [6.07, 6.45) is 6.00. The summed E-state index contributed by atoms with van der Waals surface area (Å²) >= 11 is 0. The van der Waals surface area contributed by atoms with Crippen molar-refractivity contribution in [1.82, 2.24) is 0 Å². The van der Waals surface area contributed by atoms with Crippen molar-refractivity contribution in [3.05, 3.63) is 11.3 Å². The van der Waals surface area contributed by atoms with Crippen LogP contribution in [0.5, 0.6) is 0 Å². The summed E-state index contributed by atoms with van der Waals surface area (Å²) in [6.45, 7) is 4.26. The first kappa shape index (κ1) is 10.3. The fourth-order valence-electron chi connectivity index (χ4n) is 1.60. The number of cyclic esters (lactones) is 1. The Labute approximate surface area is 80.0 Å². The van der Waals surface area contributed by atoms with Crippen LogP contribution in [0.25, 0.3) is 0 Å². The van der Waals surface area contributed by atoms with Gasteiger partial charge in [-0.1, -0.05) is 26.7 Å². The van der Waals surface area contributed by atoms with E-state index in [-0.39, 0.29) is 5.97 Å². The number of hydrogen-bond acceptors (Lipinski definition) is 2. The molecule has 1 aliphatic heterocycles. The average molecular weight is 182 g/mol. The van der Waals surface area contributed by atoms with Crippen molar-refractivity contribution in [3.63, 3.8) is 0 Å². The number of rotatable bonds is 5. The lowest BCUT2D eigenvalue weighted by atomic mass is 10.1. The van der Waals surface area contributed by atoms with Gasteiger partial charge in [-0.15, -0.1) is 0 Å². The number of hydrogen-bond donors (Lipinski definition) is 0. The van der Waals surface area contributed by atoms with Crippen molar-refractivity contribution in [2.75, 3.05) is 0 Å². The molecule has 0 unspecified atom stereocenters. The molecule has 0 aromatic rings. The van der Waals surface area contributed by atoms with Crippen LogP contribution in [0, 0.1) is 0 Å². The van der Waals surface area contributed by atoms with Crippen LogP contribution in [0.4, 0.5) is 0 Å². The van der Waals surface area contributed by atoms with Gasteiger partial charge in [-0.25, -0.2) is 0 Å². The zero-order valence-corrected chi connectivity index (χ0v) is 8.56. The van der Waals surface area contributed by atoms with Gasteiger partial charge in [0.2, 0.25) is 0 Å². The molecule has 0 bridgehead atoms. The van der Waals surface area contributed by atoms with E-state index >= 15 is 0 Å². The number of ether oxygens (including phenoxy) is 1. The second-order valence-electron chi connectivity index (χ2n) is 3.49. The molecule has 2 nitrogen and oxygen atoms in total. The van der Waals surface area contributed by atoms with Crippen molar-refractivity contribution in [2.45, 2.75) is 52.4 Å². The van der Waals surface area contributed by atoms with E-state index in [0.717, 1.165) is 25.0 Å². The lowest BCUT2D eigenvalue weighted by molar-refractivity contribution is -0.136. The Kier molecular flexibility index (Phi) is 4.00. The minimum Gasteiger partial charge on any atom is -0.431 e. The molecule has 13 heavy (non-hydrogen) atoms. The zero-order chi connectivity index (χ0) is 9.68. The summed E-state index contributed by atoms with van der Waals surface area (Å²) in [5.74, 6) is 0.893. The number of carbonyl (C=O) groups is 1. The average Bonchev–Trinajstić information content (AvgIpc) is 2.47. The quantitative estimate of drug-likeness (QED) is 0.482. The van der Waals surface area contributed by atoms with Crippen LogP contribution in [-0.4, -0.2) is 5.97 Å². The smallest absolute Gasteiger partial charge is 0.315 e. The van der Waals surface area contributed by atoms with Gasteiger partial charge < -0.3 is 4.74 Å². The van der Waals surface area contributed by atoms with Crippen molar-refractivity contribution < 1.29 is 9.53 Å². The predicted octanol–water partition coefficient (Wildman–Crippen LogP) is 3.18. The van der Waals surface area contributed by atoms with E-state index in [1.54, 1.807) is 0 Å². The van der Waals surface area contributed by atoms with Gasteiger partial charge in [0.25, 0.3) is 0 Å². The summed E-state index contributed by atoms with van der Waals surface area (Å²) in [4.78, 5) is 11.0. The van der Waals surface area contributed by atoms with Crippen LogP contribution in [0.2, 0.25) is 0 Å². The number of esters is 1. The highest BCUT2D eigenvalue weighted by molar-refractivity contribution is 5.76. The molecule has 0 aliphatic carbocycles. The number of carbonyl (C=O) groups excluding carboxylic acids is 1. The van der Waals surface area contributed by atoms with Gasteiger partial charge in [0, 0.05) is 6.42 Å². The fourth-order valence-corrected chi connectivity index (χ4v) is 1.60. The summed E-state index contributed by atoms with van der Waals surface area (Å²) in [6, 6.07) is 0. The molecule has 0 fully saturated rings. The van der Waals surface area contributed by atoms with Crippen LogP contribution >= 0.6 is 0 Å². The van der Waals surface area contributed by atoms with Gasteiger partial charge in [-0.2, -0.15) is 0 Å². The van der Waals surface area contributed by atoms with Crippen molar-refractivity contribution >= 4 is 5.97 Å². The van der Waals surface area contributed by atoms with Gasteiger partial charge in [-0.3, -0.25) is 4.79 Å². The minimum atomic E-state index is -0.0663. The third kappa shape index (κ3) is 2.87. The maximum Gasteiger partial charge on any atom is 0.315 e. The monoisotopic (exact) mass is 182 g/mol. The maximum atomic E-state index is 11.0. The first-order chi connectivity index (χ1) is 6.27. The molecule has 0 aromatic heterocycles. The van der Waals surface area contributed by atoms with Gasteiger partial charge >= 0.3 is 5.97 Å². The highest BCUT2D eigenvalue weighted by Gasteiger charge is 2.21. The van der Waals surface area contributed by atoms with Crippen LogP contribution in [0.15, 0.2) is 11.3 Å². The van der Waals surface area contributed by atoms with Crippen LogP contribution < -0.4 is 0 Å². The molecule has 0 atom stereocenters. The maximum absolute atomic E-state index is 11.0. The van der Waals surface area contributed by atoms with Gasteiger partial charge in [0.05, 0.1) is 6.42 Å². The molecule has 1 rings (SSSR count). The van der Waals surface area contributed by atoms with E-state index in [4.69, 9.17) is 4.74 Å². The Bertz CT molecular complexity index is 216. The summed E-state index contributed by atoms with van der Waals surface area (Å²) < 4.78 is 5.15. The number of unbranched alkanes of at least 4 members (excludes halogenated alkanes) is 2. The first-order valence-corrected chi connectivity index (χ1v) is 5.19. The molecule has 1 aliphatic rings. The molecule has 0 saturated carbocycles. The topological polar surface area (TPSA) is 26.3 Å². The van der Waals surface area contributed by atoms with E-state index in [0.29, 0.717) is 6.42 Å². The summed E-state index contributed by atoms with van der Waals surface area (Å²) in [7, 11) is 0. The van der Waals surface area contributed by atoms with E-state index in [1.165, 1.54) is 18.4 Å². The second kappa shape index (κ2) is 5.05. The molecule has 2 heteroatoms. The molecule has 0 spiro atoms. The van der Waals surface area contributed by atoms with Gasteiger partial charge in [0.15, 0.2) is 0 Å². The highest BCUT2D eigenvalue weighted by atomic mass is 16.5. The molecule has 0 radical (unpaired) electrons. The van der Waals surface area contributed by atoms with Crippen molar-refractivity contribution in [3.8, 4) is 0 Å². The van der Waals surface area contributed by atoms with Crippen molar-refractivity contribution in [1.29, 1.82) is 0 Å². The van der Waals surface area contributed by atoms with Crippen molar-refractivity contribution in [2.24, 2.45) is 0 Å². The van der Waals surface area contributed by atoms with E-state index in [2.05, 4.69) is 13.8 Å². The Balaban J connectivity index is 2.41. The molecule has 0 saturated heterocycles. The molecule has 0 aromatic carbocycles. The lowest BCUT2D eigenvalue weighted by Crippen LogP contribution is -1.93. The third-order valence-electron chi connectivity index (χ3n) is 2.42. The second-order valence-corrected chi connectivity index (χ2v) is 3.49. The van der Waals surface area contributed by atoms with E-state index in [9.17, 15) is 4.79 Å². The van der Waals surface area contributed by atoms with Gasteiger partial charge in [-0.05, 0) is 18.4 Å². The standard InChI is InChI=1S/C11H18O2/c1-3-5-6-7-10-9(4-2)8-11(12)13-10/h3-8H2,1-2H3. The summed E-state index contributed by atoms with van der Waals surface area (Å²) in [5.41, 5.74) is 1.21. The Morgan fingerprint density at radius 3 is 2.69 bits per heavy atom. The molecule has 74 valence electrons. The van der Waals surface area contributed by atoms with Crippen LogP contribution in [-0.2, 0) is 9.53 Å². The molecule has 0 N–H and O–H groups in total. The Morgan fingerprint density at radius 1 is 1.31 bits per heavy atom. The third-order valence-corrected chi connectivity index (χ3v) is 2.42. The zero-order valence-electron chi connectivity index (χ0n) is 8.56. The normalized spacial score (nSPS) is 16.6. The SMILES string of the molecule is CCCCCC1=C(CC)CC(=O)O1. The fraction of sp³-hybridized carbons (Fsp3) is 0.727. The molecule has 0 amide bonds. The van der Waals surface area contributed by atoms with Gasteiger partial charge in [0.1, 0.15) is 5.76 Å². The van der Waals surface area contributed by atoms with Crippen LogP contribution in [0.3, 0.4) is 0 Å². The largest absolute Gasteiger partial charge is 0.431 e. The first-order valence-electron chi connectivity index (χ1n) is 5.19. The predicted molar refractivity (Wildman–Crippen MR) is 52.2 cm³/mol. The minimum absolute atomic E-state index is 0.0663. The Morgan fingerprint density at radius 2 is 2.08 bits per heavy atom. The number of allylic oxidation sites excluding steroid dienone is 1. The highest BCUT2D eigenvalue weighted by Crippen LogP contribution is 2.26. The molecular formula is C11H18O2. The van der Waals surface area contributed by atoms with E-state index in [1.807, 2.05) is 0 Å². The molecular weight excluding hydrogens is 164 g/mol.